The maximum atomic E-state index is 10.6. The second kappa shape index (κ2) is 3.08. The first kappa shape index (κ1) is 6.89. The number of hydrogen-bond acceptors (Lipinski definition) is 2. The van der Waals surface area contributed by atoms with Crippen LogP contribution >= 0.6 is 0 Å². The van der Waals surface area contributed by atoms with Crippen molar-refractivity contribution in [2.75, 3.05) is 6.61 Å². The van der Waals surface area contributed by atoms with Crippen LogP contribution in [0.15, 0.2) is 24.4 Å². The van der Waals surface area contributed by atoms with Gasteiger partial charge < -0.3 is 0 Å². The molecule has 0 fully saturated rings. The van der Waals surface area contributed by atoms with E-state index < -0.39 is 12.4 Å². The van der Waals surface area contributed by atoms with Crippen LogP contribution in [-0.2, 0) is 5.11 Å². The number of nitrogens with zero attached hydrogens (tertiary/aromatic N) is 1. The number of carbonyl (C=O) groups excluding carboxylic acids is 1. The lowest BCUT2D eigenvalue weighted by Gasteiger charge is -1.90. The molecule has 0 spiro atoms. The highest BCUT2D eigenvalue weighted by atomic mass is 16.3. The minimum absolute atomic E-state index is 0.248. The molecule has 1 heterocycles. The van der Waals surface area contributed by atoms with Crippen LogP contribution in [0.4, 0.5) is 0 Å². The number of aromatic nitrogens is 1. The average molecular weight is 136 g/mol. The smallest absolute Gasteiger partial charge is 0.210 e. The molecule has 0 aliphatic rings. The number of rotatable bonds is 2. The van der Waals surface area contributed by atoms with Gasteiger partial charge in [-0.1, -0.05) is 6.07 Å². The zero-order valence-electron chi connectivity index (χ0n) is 5.28. The van der Waals surface area contributed by atoms with E-state index in [4.69, 9.17) is 0 Å². The quantitative estimate of drug-likeness (QED) is 0.562. The number of Topliss-reactive ketones (excluding diaryl/α,β-unsaturated/α-hetero) is 1. The van der Waals surface area contributed by atoms with Crippen LogP contribution in [0.2, 0.25) is 0 Å². The fraction of sp³-hybridized carbons (Fsp3) is 0.143. The number of ketones is 1. The molecule has 3 nitrogen and oxygen atoms in total. The van der Waals surface area contributed by atoms with Crippen LogP contribution in [0.1, 0.15) is 10.5 Å². The monoisotopic (exact) mass is 136 g/mol. The number of carbonyl (C=O) groups is 1. The van der Waals surface area contributed by atoms with Gasteiger partial charge >= 0.3 is 0 Å². The molecule has 1 aromatic rings. The normalized spacial score (nSPS) is 9.30. The summed E-state index contributed by atoms with van der Waals surface area (Å²) in [6, 6.07) is 4.90. The van der Waals surface area contributed by atoms with Gasteiger partial charge in [0.05, 0.1) is 0 Å². The first-order valence-corrected chi connectivity index (χ1v) is 2.87. The Morgan fingerprint density at radius 1 is 1.50 bits per heavy atom. The van der Waals surface area contributed by atoms with Gasteiger partial charge in [0.15, 0.2) is 0 Å². The summed E-state index contributed by atoms with van der Waals surface area (Å²) < 4.78 is 0. The molecule has 0 saturated heterocycles. The first-order valence-electron chi connectivity index (χ1n) is 2.87. The Morgan fingerprint density at radius 2 is 2.30 bits per heavy atom. The average Bonchev–Trinajstić information content (AvgIpc) is 2.05. The fourth-order valence-electron chi connectivity index (χ4n) is 0.602. The summed E-state index contributed by atoms with van der Waals surface area (Å²) in [5, 5.41) is 10.0. The predicted octanol–water partition coefficient (Wildman–Crippen LogP) is 0.695. The van der Waals surface area contributed by atoms with Gasteiger partial charge in [-0.3, -0.25) is 9.78 Å². The fourth-order valence-corrected chi connectivity index (χ4v) is 0.602. The van der Waals surface area contributed by atoms with Gasteiger partial charge in [0.25, 0.3) is 0 Å². The Hall–Kier alpha value is -1.22. The number of pyridine rings is 1. The highest BCUT2D eigenvalue weighted by Crippen LogP contribution is 1.93. The lowest BCUT2D eigenvalue weighted by molar-refractivity contribution is 0.0822. The largest absolute Gasteiger partial charge is 0.290 e. The minimum Gasteiger partial charge on any atom is -0.290 e. The Kier molecular flexibility index (Phi) is 2.12. The predicted molar refractivity (Wildman–Crippen MR) is 34.1 cm³/mol. The molecule has 3 heteroatoms. The molecular formula is C7H6NO2. The molecule has 1 rings (SSSR count). The second-order valence-electron chi connectivity index (χ2n) is 1.78. The van der Waals surface area contributed by atoms with Crippen molar-refractivity contribution in [3.05, 3.63) is 30.1 Å². The molecule has 1 radical (unpaired) electrons. The molecule has 0 aliphatic heterocycles. The van der Waals surface area contributed by atoms with Crippen LogP contribution in [0, 0.1) is 0 Å². The Labute approximate surface area is 58.3 Å². The zero-order valence-corrected chi connectivity index (χ0v) is 5.28. The molecule has 1 aromatic heterocycles. The summed E-state index contributed by atoms with van der Waals surface area (Å²) in [6.45, 7) is -0.725. The summed E-state index contributed by atoms with van der Waals surface area (Å²) in [5.74, 6) is -0.458. The standard InChI is InChI=1S/C7H6NO2/c9-5-7(10)6-3-1-2-4-8-6/h1-4H,5H2. The van der Waals surface area contributed by atoms with Gasteiger partial charge in [0.2, 0.25) is 5.78 Å². The van der Waals surface area contributed by atoms with Gasteiger partial charge in [0, 0.05) is 6.20 Å². The molecule has 0 amide bonds. The zero-order chi connectivity index (χ0) is 7.40. The Morgan fingerprint density at radius 3 is 2.80 bits per heavy atom. The van der Waals surface area contributed by atoms with Gasteiger partial charge in [-0.15, -0.1) is 0 Å². The molecule has 0 atom stereocenters. The van der Waals surface area contributed by atoms with Crippen molar-refractivity contribution in [1.29, 1.82) is 0 Å². The molecule has 10 heavy (non-hydrogen) atoms. The molecule has 0 saturated carbocycles. The highest BCUT2D eigenvalue weighted by molar-refractivity contribution is 5.94. The molecular weight excluding hydrogens is 130 g/mol. The van der Waals surface area contributed by atoms with E-state index in [9.17, 15) is 9.90 Å². The van der Waals surface area contributed by atoms with E-state index in [1.807, 2.05) is 0 Å². The maximum Gasteiger partial charge on any atom is 0.210 e. The molecule has 0 aromatic carbocycles. The third-order valence-corrected chi connectivity index (χ3v) is 1.08. The Bertz CT molecular complexity index is 220. The van der Waals surface area contributed by atoms with E-state index in [1.54, 1.807) is 12.1 Å². The van der Waals surface area contributed by atoms with Gasteiger partial charge in [0.1, 0.15) is 12.3 Å². The molecule has 0 aliphatic carbocycles. The molecule has 0 N–H and O–H groups in total. The number of hydrogen-bond donors (Lipinski definition) is 0. The third kappa shape index (κ3) is 1.39. The van der Waals surface area contributed by atoms with E-state index in [-0.39, 0.29) is 5.69 Å². The summed E-state index contributed by atoms with van der Waals surface area (Å²) in [7, 11) is 0. The van der Waals surface area contributed by atoms with Crippen molar-refractivity contribution in [3.63, 3.8) is 0 Å². The van der Waals surface area contributed by atoms with Gasteiger partial charge in [-0.25, -0.2) is 5.11 Å². The van der Waals surface area contributed by atoms with Crippen LogP contribution in [-0.4, -0.2) is 17.4 Å². The minimum atomic E-state index is -0.725. The van der Waals surface area contributed by atoms with E-state index >= 15 is 0 Å². The lowest BCUT2D eigenvalue weighted by atomic mass is 10.3. The van der Waals surface area contributed by atoms with E-state index in [1.165, 1.54) is 12.3 Å². The third-order valence-electron chi connectivity index (χ3n) is 1.08. The topological polar surface area (TPSA) is 49.9 Å². The molecule has 0 unspecified atom stereocenters. The SMILES string of the molecule is [O]CC(=O)c1ccccn1. The van der Waals surface area contributed by atoms with Crippen molar-refractivity contribution < 1.29 is 9.90 Å². The van der Waals surface area contributed by atoms with Gasteiger partial charge in [-0.2, -0.15) is 0 Å². The summed E-state index contributed by atoms with van der Waals surface area (Å²) in [4.78, 5) is 14.3. The van der Waals surface area contributed by atoms with E-state index in [2.05, 4.69) is 4.98 Å². The van der Waals surface area contributed by atoms with Crippen LogP contribution in [0.3, 0.4) is 0 Å². The van der Waals surface area contributed by atoms with Gasteiger partial charge in [-0.05, 0) is 12.1 Å². The van der Waals surface area contributed by atoms with Crippen molar-refractivity contribution >= 4 is 5.78 Å². The van der Waals surface area contributed by atoms with Crippen molar-refractivity contribution in [2.24, 2.45) is 0 Å². The van der Waals surface area contributed by atoms with Crippen LogP contribution < -0.4 is 0 Å². The van der Waals surface area contributed by atoms with E-state index in [0.717, 1.165) is 0 Å². The van der Waals surface area contributed by atoms with Crippen molar-refractivity contribution in [3.8, 4) is 0 Å². The Balaban J connectivity index is 2.85. The first-order chi connectivity index (χ1) is 4.84. The van der Waals surface area contributed by atoms with Crippen LogP contribution in [0.25, 0.3) is 0 Å². The molecule has 0 bridgehead atoms. The van der Waals surface area contributed by atoms with E-state index in [0.29, 0.717) is 0 Å². The summed E-state index contributed by atoms with van der Waals surface area (Å²) in [6.07, 6.45) is 1.49. The second-order valence-corrected chi connectivity index (χ2v) is 1.78. The summed E-state index contributed by atoms with van der Waals surface area (Å²) >= 11 is 0. The summed E-state index contributed by atoms with van der Waals surface area (Å²) in [5.41, 5.74) is 0.248. The molecule has 51 valence electrons. The van der Waals surface area contributed by atoms with Crippen molar-refractivity contribution in [2.45, 2.75) is 0 Å². The van der Waals surface area contributed by atoms with Crippen LogP contribution in [0.5, 0.6) is 0 Å². The maximum absolute atomic E-state index is 10.6. The lowest BCUT2D eigenvalue weighted by Crippen LogP contribution is -2.04. The van der Waals surface area contributed by atoms with Crippen molar-refractivity contribution in [1.82, 2.24) is 4.98 Å². The highest BCUT2D eigenvalue weighted by Gasteiger charge is 2.03.